The Bertz CT molecular complexity index is 272. The molecule has 0 saturated heterocycles. The first kappa shape index (κ1) is 11.9. The van der Waals surface area contributed by atoms with Crippen LogP contribution in [0.4, 0.5) is 0 Å². The van der Waals surface area contributed by atoms with Crippen LogP contribution in [0.1, 0.15) is 52.4 Å². The Labute approximate surface area is 98.2 Å². The van der Waals surface area contributed by atoms with Crippen molar-refractivity contribution in [3.05, 3.63) is 0 Å². The van der Waals surface area contributed by atoms with Gasteiger partial charge in [0.1, 0.15) is 0 Å². The Balaban J connectivity index is 1.64. The lowest BCUT2D eigenvalue weighted by Crippen LogP contribution is -2.36. The van der Waals surface area contributed by atoms with Crippen LogP contribution in [-0.2, 0) is 4.79 Å². The number of hydrogen-bond donors (Lipinski definition) is 2. The van der Waals surface area contributed by atoms with Gasteiger partial charge in [-0.05, 0) is 57.3 Å². The summed E-state index contributed by atoms with van der Waals surface area (Å²) in [4.78, 5) is 11.6. The third-order valence-corrected chi connectivity index (χ3v) is 3.97. The fourth-order valence-electron chi connectivity index (χ4n) is 2.38. The van der Waals surface area contributed by atoms with Gasteiger partial charge in [0.15, 0.2) is 0 Å². The maximum absolute atomic E-state index is 11.6. The van der Waals surface area contributed by atoms with E-state index in [4.69, 9.17) is 5.73 Å². The largest absolute Gasteiger partial charge is 0.356 e. The molecule has 2 aliphatic carbocycles. The summed E-state index contributed by atoms with van der Waals surface area (Å²) in [5, 5.41) is 3.08. The van der Waals surface area contributed by atoms with Crippen molar-refractivity contribution >= 4 is 5.91 Å². The van der Waals surface area contributed by atoms with E-state index in [1.54, 1.807) is 0 Å². The van der Waals surface area contributed by atoms with Crippen LogP contribution in [-0.4, -0.2) is 18.0 Å². The van der Waals surface area contributed by atoms with Crippen LogP contribution in [0.3, 0.4) is 0 Å². The van der Waals surface area contributed by atoms with Gasteiger partial charge in [-0.3, -0.25) is 4.79 Å². The number of hydrogen-bond acceptors (Lipinski definition) is 2. The molecular weight excluding hydrogens is 200 g/mol. The number of nitrogens with one attached hydrogen (secondary N) is 1. The fraction of sp³-hybridized carbons (Fsp3) is 0.923. The van der Waals surface area contributed by atoms with Gasteiger partial charge in [0, 0.05) is 18.5 Å². The number of rotatable bonds is 6. The highest BCUT2D eigenvalue weighted by Crippen LogP contribution is 2.60. The predicted molar refractivity (Wildman–Crippen MR) is 64.9 cm³/mol. The van der Waals surface area contributed by atoms with Gasteiger partial charge in [-0.15, -0.1) is 0 Å². The van der Waals surface area contributed by atoms with Crippen LogP contribution in [0, 0.1) is 11.3 Å². The summed E-state index contributed by atoms with van der Waals surface area (Å²) < 4.78 is 0. The van der Waals surface area contributed by atoms with Gasteiger partial charge < -0.3 is 11.1 Å². The maximum atomic E-state index is 11.6. The monoisotopic (exact) mass is 224 g/mol. The molecule has 2 aliphatic rings. The van der Waals surface area contributed by atoms with Crippen molar-refractivity contribution in [2.45, 2.75) is 57.9 Å². The SMILES string of the molecule is CC(C)(N)CCC(=O)NCC1(C2CC2)CC1. The smallest absolute Gasteiger partial charge is 0.220 e. The Hall–Kier alpha value is -0.570. The zero-order valence-corrected chi connectivity index (χ0v) is 10.5. The quantitative estimate of drug-likeness (QED) is 0.723. The summed E-state index contributed by atoms with van der Waals surface area (Å²) in [5.74, 6) is 1.09. The highest BCUT2D eigenvalue weighted by Gasteiger charge is 2.53. The zero-order chi connectivity index (χ0) is 11.8. The predicted octanol–water partition coefficient (Wildman–Crippen LogP) is 1.81. The molecular formula is C13H24N2O. The van der Waals surface area contributed by atoms with Crippen molar-refractivity contribution < 1.29 is 4.79 Å². The molecule has 16 heavy (non-hydrogen) atoms. The molecule has 3 heteroatoms. The molecule has 0 aromatic carbocycles. The molecule has 0 aliphatic heterocycles. The molecule has 0 radical (unpaired) electrons. The van der Waals surface area contributed by atoms with Crippen LogP contribution >= 0.6 is 0 Å². The first-order valence-electron chi connectivity index (χ1n) is 6.47. The fourth-order valence-corrected chi connectivity index (χ4v) is 2.38. The molecule has 3 N–H and O–H groups in total. The molecule has 0 heterocycles. The molecule has 0 unspecified atom stereocenters. The summed E-state index contributed by atoms with van der Waals surface area (Å²) in [6, 6.07) is 0. The van der Waals surface area contributed by atoms with E-state index in [1.165, 1.54) is 25.7 Å². The first-order valence-corrected chi connectivity index (χ1v) is 6.47. The van der Waals surface area contributed by atoms with Crippen molar-refractivity contribution in [3.8, 4) is 0 Å². The lowest BCUT2D eigenvalue weighted by Gasteiger charge is -2.19. The van der Waals surface area contributed by atoms with E-state index in [2.05, 4.69) is 5.32 Å². The van der Waals surface area contributed by atoms with Crippen molar-refractivity contribution in [3.63, 3.8) is 0 Å². The van der Waals surface area contributed by atoms with E-state index in [9.17, 15) is 4.79 Å². The standard InChI is InChI=1S/C13H24N2O/c1-12(2,14)6-5-11(16)15-9-13(7-8-13)10-3-4-10/h10H,3-9,14H2,1-2H3,(H,15,16). The van der Waals surface area contributed by atoms with Gasteiger partial charge in [-0.1, -0.05) is 0 Å². The molecule has 3 nitrogen and oxygen atoms in total. The van der Waals surface area contributed by atoms with Crippen LogP contribution in [0.25, 0.3) is 0 Å². The summed E-state index contributed by atoms with van der Waals surface area (Å²) >= 11 is 0. The van der Waals surface area contributed by atoms with E-state index in [0.717, 1.165) is 18.9 Å². The zero-order valence-electron chi connectivity index (χ0n) is 10.5. The van der Waals surface area contributed by atoms with Crippen molar-refractivity contribution in [1.82, 2.24) is 5.32 Å². The normalized spacial score (nSPS) is 22.9. The third-order valence-electron chi connectivity index (χ3n) is 3.97. The van der Waals surface area contributed by atoms with Crippen molar-refractivity contribution in [2.24, 2.45) is 17.1 Å². The van der Waals surface area contributed by atoms with E-state index < -0.39 is 0 Å². The number of amides is 1. The molecule has 1 amide bonds. The number of carbonyl (C=O) groups is 1. The topological polar surface area (TPSA) is 55.1 Å². The highest BCUT2D eigenvalue weighted by molar-refractivity contribution is 5.76. The maximum Gasteiger partial charge on any atom is 0.220 e. The van der Waals surface area contributed by atoms with E-state index >= 15 is 0 Å². The average molecular weight is 224 g/mol. The Morgan fingerprint density at radius 1 is 1.44 bits per heavy atom. The van der Waals surface area contributed by atoms with Gasteiger partial charge in [0.25, 0.3) is 0 Å². The summed E-state index contributed by atoms with van der Waals surface area (Å²) in [7, 11) is 0. The minimum Gasteiger partial charge on any atom is -0.356 e. The number of nitrogens with two attached hydrogens (primary N) is 1. The molecule has 2 saturated carbocycles. The molecule has 0 bridgehead atoms. The van der Waals surface area contributed by atoms with E-state index in [1.807, 2.05) is 13.8 Å². The van der Waals surface area contributed by atoms with Gasteiger partial charge in [0.2, 0.25) is 5.91 Å². The summed E-state index contributed by atoms with van der Waals surface area (Å²) in [5.41, 5.74) is 6.13. The minimum atomic E-state index is -0.231. The number of carbonyl (C=O) groups excluding carboxylic acids is 1. The van der Waals surface area contributed by atoms with E-state index in [0.29, 0.717) is 11.8 Å². The first-order chi connectivity index (χ1) is 7.41. The second kappa shape index (κ2) is 4.02. The van der Waals surface area contributed by atoms with Gasteiger partial charge in [-0.25, -0.2) is 0 Å². The lowest BCUT2D eigenvalue weighted by molar-refractivity contribution is -0.121. The molecule has 0 atom stereocenters. The second-order valence-corrected chi connectivity index (χ2v) is 6.40. The Morgan fingerprint density at radius 2 is 2.06 bits per heavy atom. The van der Waals surface area contributed by atoms with Crippen molar-refractivity contribution in [1.29, 1.82) is 0 Å². The highest BCUT2D eigenvalue weighted by atomic mass is 16.1. The van der Waals surface area contributed by atoms with Crippen LogP contribution in [0.5, 0.6) is 0 Å². The van der Waals surface area contributed by atoms with Gasteiger partial charge >= 0.3 is 0 Å². The van der Waals surface area contributed by atoms with Gasteiger partial charge in [-0.2, -0.15) is 0 Å². The second-order valence-electron chi connectivity index (χ2n) is 6.40. The summed E-state index contributed by atoms with van der Waals surface area (Å²) in [6.07, 6.45) is 6.72. The molecule has 2 fully saturated rings. The average Bonchev–Trinajstić information content (AvgIpc) is 2.98. The van der Waals surface area contributed by atoms with Crippen LogP contribution in [0.15, 0.2) is 0 Å². The molecule has 2 rings (SSSR count). The molecule has 0 aromatic heterocycles. The van der Waals surface area contributed by atoms with Crippen molar-refractivity contribution in [2.75, 3.05) is 6.54 Å². The third kappa shape index (κ3) is 3.21. The van der Waals surface area contributed by atoms with Gasteiger partial charge in [0.05, 0.1) is 0 Å². The Kier molecular flexibility index (Phi) is 2.99. The molecule has 0 aromatic rings. The summed E-state index contributed by atoms with van der Waals surface area (Å²) in [6.45, 7) is 4.83. The van der Waals surface area contributed by atoms with E-state index in [-0.39, 0.29) is 11.4 Å². The molecule has 92 valence electrons. The molecule has 0 spiro atoms. The lowest BCUT2D eigenvalue weighted by atomic mass is 9.99. The van der Waals surface area contributed by atoms with Crippen LogP contribution in [0.2, 0.25) is 0 Å². The Morgan fingerprint density at radius 3 is 2.50 bits per heavy atom. The minimum absolute atomic E-state index is 0.172. The van der Waals surface area contributed by atoms with Crippen LogP contribution < -0.4 is 11.1 Å².